The number of carbonyl (C=O) groups excluding carboxylic acids is 1. The zero-order chi connectivity index (χ0) is 18.9. The van der Waals surface area contributed by atoms with Gasteiger partial charge in [0.1, 0.15) is 0 Å². The Bertz CT molecular complexity index is 1090. The van der Waals surface area contributed by atoms with Gasteiger partial charge in [-0.15, -0.1) is 0 Å². The summed E-state index contributed by atoms with van der Waals surface area (Å²) in [5, 5.41) is 2.02. The lowest BCUT2D eigenvalue weighted by molar-refractivity contribution is -0.113. The van der Waals surface area contributed by atoms with E-state index in [9.17, 15) is 4.79 Å². The molecule has 0 unspecified atom stereocenters. The van der Waals surface area contributed by atoms with Crippen molar-refractivity contribution in [2.45, 2.75) is 19.4 Å². The van der Waals surface area contributed by atoms with E-state index in [-0.39, 0.29) is 5.91 Å². The van der Waals surface area contributed by atoms with Crippen molar-refractivity contribution in [2.75, 3.05) is 13.1 Å². The first-order chi connectivity index (χ1) is 13.8. The second-order valence-electron chi connectivity index (χ2n) is 7.22. The zero-order valence-corrected chi connectivity index (χ0v) is 16.4. The molecule has 1 fully saturated rings. The average molecular weight is 388 g/mol. The molecule has 3 heterocycles. The van der Waals surface area contributed by atoms with Crippen LogP contribution >= 0.6 is 11.8 Å². The molecule has 0 saturated carbocycles. The van der Waals surface area contributed by atoms with Crippen molar-refractivity contribution in [3.05, 3.63) is 76.8 Å². The van der Waals surface area contributed by atoms with Gasteiger partial charge in [-0.2, -0.15) is 4.99 Å². The molecule has 0 spiro atoms. The molecule has 2 aliphatic rings. The van der Waals surface area contributed by atoms with Gasteiger partial charge in [-0.25, -0.2) is 0 Å². The van der Waals surface area contributed by atoms with Crippen LogP contribution in [0.1, 0.15) is 24.0 Å². The van der Waals surface area contributed by atoms with Crippen LogP contribution in [-0.4, -0.2) is 33.6 Å². The van der Waals surface area contributed by atoms with Crippen molar-refractivity contribution in [2.24, 2.45) is 4.99 Å². The topological polar surface area (TPSA) is 37.6 Å². The number of hydrogen-bond acceptors (Lipinski definition) is 3. The Morgan fingerprint density at radius 2 is 1.75 bits per heavy atom. The molecule has 28 heavy (non-hydrogen) atoms. The molecule has 2 aromatic carbocycles. The summed E-state index contributed by atoms with van der Waals surface area (Å²) < 4.78 is 2.25. The van der Waals surface area contributed by atoms with E-state index in [2.05, 4.69) is 63.1 Å². The predicted molar refractivity (Wildman–Crippen MR) is 116 cm³/mol. The number of benzene rings is 2. The standard InChI is InChI=1S/C23H21N3OS/c27-22-21(28-23(24-22)25-12-6-7-13-25)14-18-16-26(15-17-8-2-1-3-9-17)20-11-5-4-10-19(18)20/h1-5,8-11,14,16H,6-7,12-13,15H2/b21-14-. The molecule has 4 nitrogen and oxygen atoms in total. The van der Waals surface area contributed by atoms with Gasteiger partial charge in [0.25, 0.3) is 5.91 Å². The Labute approximate surface area is 168 Å². The Morgan fingerprint density at radius 3 is 2.57 bits per heavy atom. The molecule has 0 N–H and O–H groups in total. The maximum atomic E-state index is 12.5. The molecule has 0 radical (unpaired) electrons. The number of likely N-dealkylation sites (tertiary alicyclic amines) is 1. The van der Waals surface area contributed by atoms with E-state index in [4.69, 9.17) is 0 Å². The van der Waals surface area contributed by atoms with Gasteiger partial charge in [0.2, 0.25) is 0 Å². The number of aromatic nitrogens is 1. The fourth-order valence-corrected chi connectivity index (χ4v) is 4.84. The van der Waals surface area contributed by atoms with Crippen LogP contribution in [0.5, 0.6) is 0 Å². The highest BCUT2D eigenvalue weighted by Crippen LogP contribution is 2.33. The van der Waals surface area contributed by atoms with E-state index in [0.717, 1.165) is 35.8 Å². The number of hydrogen-bond donors (Lipinski definition) is 0. The van der Waals surface area contributed by atoms with E-state index in [1.165, 1.54) is 35.7 Å². The summed E-state index contributed by atoms with van der Waals surface area (Å²) in [6.07, 6.45) is 6.51. The SMILES string of the molecule is O=C1N=C(N2CCCC2)S/C1=C\c1cn(Cc2ccccc2)c2ccccc12. The molecule has 1 aromatic heterocycles. The van der Waals surface area contributed by atoms with Crippen molar-refractivity contribution >= 4 is 39.8 Å². The highest BCUT2D eigenvalue weighted by atomic mass is 32.2. The third-order valence-electron chi connectivity index (χ3n) is 5.29. The first kappa shape index (κ1) is 17.3. The van der Waals surface area contributed by atoms with Gasteiger partial charge in [-0.1, -0.05) is 48.5 Å². The van der Waals surface area contributed by atoms with Gasteiger partial charge < -0.3 is 9.47 Å². The van der Waals surface area contributed by atoms with Crippen LogP contribution in [0.2, 0.25) is 0 Å². The third-order valence-corrected chi connectivity index (χ3v) is 6.33. The number of para-hydroxylation sites is 1. The predicted octanol–water partition coefficient (Wildman–Crippen LogP) is 4.76. The summed E-state index contributed by atoms with van der Waals surface area (Å²) in [7, 11) is 0. The van der Waals surface area contributed by atoms with Crippen molar-refractivity contribution < 1.29 is 4.79 Å². The van der Waals surface area contributed by atoms with E-state index in [1.807, 2.05) is 18.2 Å². The van der Waals surface area contributed by atoms with Crippen LogP contribution in [0.3, 0.4) is 0 Å². The summed E-state index contributed by atoms with van der Waals surface area (Å²) in [5.41, 5.74) is 3.50. The van der Waals surface area contributed by atoms with Gasteiger partial charge in [-0.05, 0) is 42.3 Å². The minimum absolute atomic E-state index is 0.119. The van der Waals surface area contributed by atoms with E-state index in [1.54, 1.807) is 0 Å². The van der Waals surface area contributed by atoms with Crippen LogP contribution < -0.4 is 0 Å². The highest BCUT2D eigenvalue weighted by molar-refractivity contribution is 8.18. The van der Waals surface area contributed by atoms with E-state index >= 15 is 0 Å². The molecule has 5 rings (SSSR count). The summed E-state index contributed by atoms with van der Waals surface area (Å²) >= 11 is 1.51. The Kier molecular flexibility index (Phi) is 4.53. The van der Waals surface area contributed by atoms with Gasteiger partial charge in [0.05, 0.1) is 4.91 Å². The molecule has 2 aliphatic heterocycles. The van der Waals surface area contributed by atoms with Gasteiger partial charge in [0, 0.05) is 42.3 Å². The number of amides is 1. The van der Waals surface area contributed by atoms with Crippen molar-refractivity contribution in [3.8, 4) is 0 Å². The minimum Gasteiger partial charge on any atom is -0.351 e. The molecule has 1 saturated heterocycles. The maximum absolute atomic E-state index is 12.5. The molecule has 0 aliphatic carbocycles. The molecule has 0 bridgehead atoms. The lowest BCUT2D eigenvalue weighted by Crippen LogP contribution is -2.23. The van der Waals surface area contributed by atoms with Crippen molar-refractivity contribution in [3.63, 3.8) is 0 Å². The van der Waals surface area contributed by atoms with Crippen LogP contribution in [0.4, 0.5) is 0 Å². The maximum Gasteiger partial charge on any atom is 0.286 e. The number of thioether (sulfide) groups is 1. The van der Waals surface area contributed by atoms with Crippen molar-refractivity contribution in [1.29, 1.82) is 0 Å². The summed E-state index contributed by atoms with van der Waals surface area (Å²) in [4.78, 5) is 19.7. The fourth-order valence-electron chi connectivity index (χ4n) is 3.88. The minimum atomic E-state index is -0.119. The molecule has 3 aromatic rings. The van der Waals surface area contributed by atoms with Gasteiger partial charge in [0.15, 0.2) is 5.17 Å². The van der Waals surface area contributed by atoms with Gasteiger partial charge in [-0.3, -0.25) is 4.79 Å². The average Bonchev–Trinajstić information content (AvgIpc) is 3.44. The van der Waals surface area contributed by atoms with Crippen LogP contribution in [0, 0.1) is 0 Å². The molecule has 1 amide bonds. The quantitative estimate of drug-likeness (QED) is 0.609. The number of carbonyl (C=O) groups is 1. The summed E-state index contributed by atoms with van der Waals surface area (Å²) in [5.74, 6) is -0.119. The lowest BCUT2D eigenvalue weighted by atomic mass is 10.1. The first-order valence-electron chi connectivity index (χ1n) is 9.67. The second kappa shape index (κ2) is 7.32. The van der Waals surface area contributed by atoms with Crippen LogP contribution in [0.25, 0.3) is 17.0 Å². The molecule has 5 heteroatoms. The van der Waals surface area contributed by atoms with Crippen LogP contribution in [0.15, 0.2) is 70.7 Å². The lowest BCUT2D eigenvalue weighted by Gasteiger charge is -2.14. The van der Waals surface area contributed by atoms with Crippen molar-refractivity contribution in [1.82, 2.24) is 9.47 Å². The Hall–Kier alpha value is -2.79. The zero-order valence-electron chi connectivity index (χ0n) is 15.5. The molecule has 140 valence electrons. The summed E-state index contributed by atoms with van der Waals surface area (Å²) in [6, 6.07) is 18.8. The third kappa shape index (κ3) is 3.27. The number of aliphatic imine (C=N–C) groups is 1. The Balaban J connectivity index is 1.48. The first-order valence-corrected chi connectivity index (χ1v) is 10.5. The number of nitrogens with zero attached hydrogens (tertiary/aromatic N) is 3. The van der Waals surface area contributed by atoms with E-state index < -0.39 is 0 Å². The Morgan fingerprint density at radius 1 is 1.00 bits per heavy atom. The monoisotopic (exact) mass is 387 g/mol. The highest BCUT2D eigenvalue weighted by Gasteiger charge is 2.27. The number of fused-ring (bicyclic) bond motifs is 1. The number of amidine groups is 1. The van der Waals surface area contributed by atoms with Gasteiger partial charge >= 0.3 is 0 Å². The fraction of sp³-hybridized carbons (Fsp3) is 0.217. The number of rotatable bonds is 3. The van der Waals surface area contributed by atoms with Crippen LogP contribution in [-0.2, 0) is 11.3 Å². The molecular formula is C23H21N3OS. The normalized spacial score (nSPS) is 18.4. The smallest absolute Gasteiger partial charge is 0.286 e. The molecule has 0 atom stereocenters. The second-order valence-corrected chi connectivity index (χ2v) is 8.23. The van der Waals surface area contributed by atoms with E-state index in [0.29, 0.717) is 4.91 Å². The molecular weight excluding hydrogens is 366 g/mol. The largest absolute Gasteiger partial charge is 0.351 e. The summed E-state index contributed by atoms with van der Waals surface area (Å²) in [6.45, 7) is 2.81.